The van der Waals surface area contributed by atoms with Crippen LogP contribution in [0, 0.1) is 6.92 Å². The second kappa shape index (κ2) is 9.86. The minimum absolute atomic E-state index is 0.00636. The fraction of sp³-hybridized carbons (Fsp3) is 0.364. The van der Waals surface area contributed by atoms with Crippen LogP contribution in [0.25, 0.3) is 0 Å². The van der Waals surface area contributed by atoms with E-state index in [0.717, 1.165) is 18.4 Å². The first-order valence-electron chi connectivity index (χ1n) is 9.95. The van der Waals surface area contributed by atoms with Crippen LogP contribution < -0.4 is 10.0 Å². The summed E-state index contributed by atoms with van der Waals surface area (Å²) in [4.78, 5) is 24.1. The number of aryl methyl sites for hydroxylation is 2. The summed E-state index contributed by atoms with van der Waals surface area (Å²) in [6, 6.07) is 13.7. The lowest BCUT2D eigenvalue weighted by Gasteiger charge is -2.09. The van der Waals surface area contributed by atoms with Crippen LogP contribution in [0.2, 0.25) is 0 Å². The SMILES string of the molecule is Cc1ccc(CCC(=O)NCCOC(=O)c2cccc(S(=O)(=O)NC3CC3)c2)cc1. The first-order chi connectivity index (χ1) is 14.3. The molecule has 1 aliphatic carbocycles. The van der Waals surface area contributed by atoms with Crippen molar-refractivity contribution in [2.45, 2.75) is 43.5 Å². The Hall–Kier alpha value is -2.71. The first-order valence-corrected chi connectivity index (χ1v) is 11.4. The average Bonchev–Trinajstić information content (AvgIpc) is 3.54. The van der Waals surface area contributed by atoms with Crippen LogP contribution in [0.3, 0.4) is 0 Å². The fourth-order valence-corrected chi connectivity index (χ4v) is 4.15. The van der Waals surface area contributed by atoms with Crippen molar-refractivity contribution < 1.29 is 22.7 Å². The molecule has 30 heavy (non-hydrogen) atoms. The molecule has 0 bridgehead atoms. The molecule has 8 heteroatoms. The Labute approximate surface area is 176 Å². The van der Waals surface area contributed by atoms with Crippen molar-refractivity contribution in [3.63, 3.8) is 0 Å². The van der Waals surface area contributed by atoms with Gasteiger partial charge in [-0.25, -0.2) is 17.9 Å². The highest BCUT2D eigenvalue weighted by Crippen LogP contribution is 2.22. The van der Waals surface area contributed by atoms with Crippen molar-refractivity contribution in [1.82, 2.24) is 10.0 Å². The van der Waals surface area contributed by atoms with Crippen molar-refractivity contribution in [2.75, 3.05) is 13.2 Å². The Morgan fingerprint density at radius 3 is 2.53 bits per heavy atom. The molecule has 0 aliphatic heterocycles. The summed E-state index contributed by atoms with van der Waals surface area (Å²) in [5.74, 6) is -0.752. The maximum atomic E-state index is 12.3. The molecule has 2 N–H and O–H groups in total. The van der Waals surface area contributed by atoms with Gasteiger partial charge in [0.1, 0.15) is 6.61 Å². The molecule has 0 spiro atoms. The summed E-state index contributed by atoms with van der Waals surface area (Å²) >= 11 is 0. The van der Waals surface area contributed by atoms with E-state index in [-0.39, 0.29) is 35.6 Å². The molecule has 0 aromatic heterocycles. The van der Waals surface area contributed by atoms with E-state index in [4.69, 9.17) is 4.74 Å². The van der Waals surface area contributed by atoms with Crippen LogP contribution in [0.4, 0.5) is 0 Å². The summed E-state index contributed by atoms with van der Waals surface area (Å²) in [6.45, 7) is 2.21. The van der Waals surface area contributed by atoms with E-state index >= 15 is 0 Å². The molecule has 2 aromatic carbocycles. The standard InChI is InChI=1S/C22H26N2O5S/c1-16-5-7-17(8-6-16)9-12-21(25)23-13-14-29-22(26)18-3-2-4-20(15-18)30(27,28)24-19-10-11-19/h2-8,15,19,24H,9-14H2,1H3,(H,23,25). The quantitative estimate of drug-likeness (QED) is 0.445. The van der Waals surface area contributed by atoms with E-state index in [1.165, 1.54) is 29.8 Å². The number of sulfonamides is 1. The monoisotopic (exact) mass is 430 g/mol. The third-order valence-electron chi connectivity index (χ3n) is 4.70. The van der Waals surface area contributed by atoms with Gasteiger partial charge in [0, 0.05) is 12.5 Å². The Bertz CT molecular complexity index is 998. The largest absolute Gasteiger partial charge is 0.460 e. The van der Waals surface area contributed by atoms with Crippen LogP contribution in [-0.2, 0) is 26.0 Å². The highest BCUT2D eigenvalue weighted by Gasteiger charge is 2.28. The van der Waals surface area contributed by atoms with E-state index in [1.807, 2.05) is 31.2 Å². The van der Waals surface area contributed by atoms with Crippen molar-refractivity contribution in [1.29, 1.82) is 0 Å². The number of amides is 1. The molecular formula is C22H26N2O5S. The van der Waals surface area contributed by atoms with Crippen LogP contribution in [0.15, 0.2) is 53.4 Å². The lowest BCUT2D eigenvalue weighted by molar-refractivity contribution is -0.121. The van der Waals surface area contributed by atoms with Crippen LogP contribution in [-0.4, -0.2) is 39.5 Å². The number of benzene rings is 2. The normalized spacial score (nSPS) is 13.6. The molecule has 2 aromatic rings. The molecule has 0 saturated heterocycles. The van der Waals surface area contributed by atoms with Crippen molar-refractivity contribution in [2.24, 2.45) is 0 Å². The Morgan fingerprint density at radius 2 is 1.83 bits per heavy atom. The number of esters is 1. The van der Waals surface area contributed by atoms with E-state index in [0.29, 0.717) is 12.8 Å². The van der Waals surface area contributed by atoms with E-state index in [9.17, 15) is 18.0 Å². The van der Waals surface area contributed by atoms with Crippen molar-refractivity contribution >= 4 is 21.9 Å². The number of rotatable bonds is 10. The summed E-state index contributed by atoms with van der Waals surface area (Å²) in [6.07, 6.45) is 2.66. The summed E-state index contributed by atoms with van der Waals surface area (Å²) in [5.41, 5.74) is 2.42. The van der Waals surface area contributed by atoms with Gasteiger partial charge in [0.15, 0.2) is 0 Å². The second-order valence-electron chi connectivity index (χ2n) is 7.39. The van der Waals surface area contributed by atoms with E-state index < -0.39 is 16.0 Å². The van der Waals surface area contributed by atoms with Gasteiger partial charge >= 0.3 is 5.97 Å². The number of ether oxygens (including phenoxy) is 1. The smallest absolute Gasteiger partial charge is 0.338 e. The molecule has 1 aliphatic rings. The van der Waals surface area contributed by atoms with Gasteiger partial charge in [0.25, 0.3) is 0 Å². The van der Waals surface area contributed by atoms with E-state index in [1.54, 1.807) is 0 Å². The summed E-state index contributed by atoms with van der Waals surface area (Å²) < 4.78 is 32.2. The van der Waals surface area contributed by atoms with Crippen LogP contribution in [0.1, 0.15) is 40.7 Å². The number of nitrogens with one attached hydrogen (secondary N) is 2. The molecule has 1 amide bonds. The zero-order valence-corrected chi connectivity index (χ0v) is 17.7. The molecule has 0 radical (unpaired) electrons. The molecular weight excluding hydrogens is 404 g/mol. The predicted octanol–water partition coefficient (Wildman–Crippen LogP) is 2.34. The molecule has 0 atom stereocenters. The number of hydrogen-bond acceptors (Lipinski definition) is 5. The Balaban J connectivity index is 1.40. The molecule has 0 unspecified atom stereocenters. The molecule has 1 fully saturated rings. The zero-order chi connectivity index (χ0) is 21.6. The Kier molecular flexibility index (Phi) is 7.23. The van der Waals surface area contributed by atoms with Gasteiger partial charge in [-0.1, -0.05) is 35.9 Å². The third-order valence-corrected chi connectivity index (χ3v) is 6.22. The van der Waals surface area contributed by atoms with Gasteiger partial charge in [-0.05, 0) is 49.9 Å². The van der Waals surface area contributed by atoms with E-state index in [2.05, 4.69) is 10.0 Å². The lowest BCUT2D eigenvalue weighted by atomic mass is 10.1. The number of carbonyl (C=O) groups is 2. The molecule has 0 heterocycles. The molecule has 1 saturated carbocycles. The van der Waals surface area contributed by atoms with Crippen LogP contribution >= 0.6 is 0 Å². The van der Waals surface area contributed by atoms with Crippen molar-refractivity contribution in [3.05, 3.63) is 65.2 Å². The third kappa shape index (κ3) is 6.67. The minimum atomic E-state index is -3.64. The Morgan fingerprint density at radius 1 is 1.10 bits per heavy atom. The van der Waals surface area contributed by atoms with Gasteiger partial charge in [-0.2, -0.15) is 0 Å². The van der Waals surface area contributed by atoms with Gasteiger partial charge in [-0.15, -0.1) is 0 Å². The lowest BCUT2D eigenvalue weighted by Crippen LogP contribution is -2.28. The van der Waals surface area contributed by atoms with Gasteiger partial charge < -0.3 is 10.1 Å². The predicted molar refractivity (Wildman–Crippen MR) is 113 cm³/mol. The van der Waals surface area contributed by atoms with Crippen LogP contribution in [0.5, 0.6) is 0 Å². The number of carbonyl (C=O) groups excluding carboxylic acids is 2. The molecule has 3 rings (SSSR count). The first kappa shape index (κ1) is 22.0. The highest BCUT2D eigenvalue weighted by atomic mass is 32.2. The van der Waals surface area contributed by atoms with Gasteiger partial charge in [0.05, 0.1) is 17.0 Å². The maximum Gasteiger partial charge on any atom is 0.338 e. The number of hydrogen-bond donors (Lipinski definition) is 2. The molecule has 160 valence electrons. The summed E-state index contributed by atoms with van der Waals surface area (Å²) in [7, 11) is -3.64. The topological polar surface area (TPSA) is 102 Å². The summed E-state index contributed by atoms with van der Waals surface area (Å²) in [5, 5.41) is 2.71. The average molecular weight is 431 g/mol. The van der Waals surface area contributed by atoms with Gasteiger partial charge in [0.2, 0.25) is 15.9 Å². The molecule has 7 nitrogen and oxygen atoms in total. The fourth-order valence-electron chi connectivity index (χ4n) is 2.80. The van der Waals surface area contributed by atoms with Gasteiger partial charge in [-0.3, -0.25) is 4.79 Å². The zero-order valence-electron chi connectivity index (χ0n) is 16.9. The van der Waals surface area contributed by atoms with Crippen molar-refractivity contribution in [3.8, 4) is 0 Å². The second-order valence-corrected chi connectivity index (χ2v) is 9.11. The minimum Gasteiger partial charge on any atom is -0.460 e. The highest BCUT2D eigenvalue weighted by molar-refractivity contribution is 7.89. The maximum absolute atomic E-state index is 12.3.